The minimum absolute atomic E-state index is 0.00604. The Hall–Kier alpha value is -1.87. The van der Waals surface area contributed by atoms with Crippen LogP contribution in [0.4, 0.5) is 0 Å². The molecule has 0 radical (unpaired) electrons. The quantitative estimate of drug-likeness (QED) is 0.905. The van der Waals surface area contributed by atoms with Crippen LogP contribution in [0.3, 0.4) is 0 Å². The number of carbonyl (C=O) groups excluding carboxylic acids is 1. The lowest BCUT2D eigenvalue weighted by atomic mass is 9.86. The van der Waals surface area contributed by atoms with Crippen LogP contribution >= 0.6 is 0 Å². The van der Waals surface area contributed by atoms with E-state index in [0.717, 1.165) is 29.2 Å². The van der Waals surface area contributed by atoms with Gasteiger partial charge >= 0.3 is 0 Å². The minimum atomic E-state index is 0.00604. The fourth-order valence-corrected chi connectivity index (χ4v) is 3.36. The molecule has 3 N–H and O–H groups in total. The third kappa shape index (κ3) is 2.79. The van der Waals surface area contributed by atoms with Gasteiger partial charge < -0.3 is 11.1 Å². The molecule has 1 aliphatic rings. The number of rotatable bonds is 4. The van der Waals surface area contributed by atoms with Crippen molar-refractivity contribution in [3.63, 3.8) is 0 Å². The third-order valence-electron chi connectivity index (χ3n) is 4.76. The average Bonchev–Trinajstić information content (AvgIpc) is 3.01. The monoisotopic (exact) mass is 282 g/mol. The number of benzene rings is 2. The van der Waals surface area contributed by atoms with E-state index in [9.17, 15) is 4.79 Å². The van der Waals surface area contributed by atoms with Crippen molar-refractivity contribution in [1.29, 1.82) is 0 Å². The van der Waals surface area contributed by atoms with E-state index in [4.69, 9.17) is 5.73 Å². The number of fused-ring (bicyclic) bond motifs is 1. The van der Waals surface area contributed by atoms with Crippen molar-refractivity contribution in [2.24, 2.45) is 11.1 Å². The number of nitrogens with one attached hydrogen (secondary N) is 1. The first-order valence-electron chi connectivity index (χ1n) is 7.70. The van der Waals surface area contributed by atoms with Crippen molar-refractivity contribution in [2.75, 3.05) is 13.1 Å². The van der Waals surface area contributed by atoms with Crippen molar-refractivity contribution in [1.82, 2.24) is 5.32 Å². The van der Waals surface area contributed by atoms with E-state index >= 15 is 0 Å². The number of amides is 1. The normalized spacial score (nSPS) is 17.0. The molecule has 1 amide bonds. The Bertz CT molecular complexity index is 639. The van der Waals surface area contributed by atoms with Crippen molar-refractivity contribution in [2.45, 2.75) is 25.7 Å². The Morgan fingerprint density at radius 3 is 2.57 bits per heavy atom. The first-order chi connectivity index (χ1) is 10.2. The number of nitrogens with two attached hydrogens (primary N) is 1. The summed E-state index contributed by atoms with van der Waals surface area (Å²) in [6, 6.07) is 13.9. The molecule has 0 spiro atoms. The lowest BCUT2D eigenvalue weighted by molar-refractivity contribution is 0.0934. The zero-order valence-corrected chi connectivity index (χ0v) is 12.3. The van der Waals surface area contributed by atoms with Crippen LogP contribution in [0.2, 0.25) is 0 Å². The molecule has 0 unspecified atom stereocenters. The molecule has 0 aliphatic heterocycles. The molecular formula is C18H22N2O. The number of carbonyl (C=O) groups is 1. The lowest BCUT2D eigenvalue weighted by Crippen LogP contribution is -2.40. The minimum Gasteiger partial charge on any atom is -0.351 e. The van der Waals surface area contributed by atoms with Crippen LogP contribution in [0.25, 0.3) is 10.8 Å². The number of hydrogen-bond acceptors (Lipinski definition) is 2. The Morgan fingerprint density at radius 1 is 1.10 bits per heavy atom. The van der Waals surface area contributed by atoms with Crippen LogP contribution in [0.15, 0.2) is 42.5 Å². The second-order valence-electron chi connectivity index (χ2n) is 6.12. The zero-order valence-electron chi connectivity index (χ0n) is 12.3. The second kappa shape index (κ2) is 5.86. The van der Waals surface area contributed by atoms with Gasteiger partial charge in [-0.25, -0.2) is 0 Å². The fourth-order valence-electron chi connectivity index (χ4n) is 3.36. The van der Waals surface area contributed by atoms with Crippen molar-refractivity contribution in [3.8, 4) is 0 Å². The van der Waals surface area contributed by atoms with Gasteiger partial charge in [0.2, 0.25) is 0 Å². The summed E-state index contributed by atoms with van der Waals surface area (Å²) < 4.78 is 0. The standard InChI is InChI=1S/C18H22N2O/c19-12-18(10-3-4-11-18)13-20-17(21)16-9-5-7-14-6-1-2-8-15(14)16/h1-2,5-9H,3-4,10-13,19H2,(H,20,21). The van der Waals surface area contributed by atoms with Crippen LogP contribution in [0.1, 0.15) is 36.0 Å². The Balaban J connectivity index is 1.78. The Morgan fingerprint density at radius 2 is 1.81 bits per heavy atom. The molecule has 0 atom stereocenters. The number of hydrogen-bond donors (Lipinski definition) is 2. The smallest absolute Gasteiger partial charge is 0.251 e. The molecule has 0 aromatic heterocycles. The van der Waals surface area contributed by atoms with E-state index in [1.165, 1.54) is 12.8 Å². The van der Waals surface area contributed by atoms with Crippen LogP contribution in [0.5, 0.6) is 0 Å². The van der Waals surface area contributed by atoms with Gasteiger partial charge in [0, 0.05) is 12.1 Å². The maximum absolute atomic E-state index is 12.5. The second-order valence-corrected chi connectivity index (χ2v) is 6.12. The molecule has 110 valence electrons. The molecule has 3 heteroatoms. The maximum Gasteiger partial charge on any atom is 0.251 e. The van der Waals surface area contributed by atoms with Gasteiger partial charge in [-0.3, -0.25) is 4.79 Å². The maximum atomic E-state index is 12.5. The highest BCUT2D eigenvalue weighted by Gasteiger charge is 2.32. The van der Waals surface area contributed by atoms with E-state index in [0.29, 0.717) is 13.1 Å². The lowest BCUT2D eigenvalue weighted by Gasteiger charge is -2.27. The van der Waals surface area contributed by atoms with E-state index in [2.05, 4.69) is 5.32 Å². The summed E-state index contributed by atoms with van der Waals surface area (Å²) in [5.41, 5.74) is 6.79. The topological polar surface area (TPSA) is 55.1 Å². The van der Waals surface area contributed by atoms with E-state index < -0.39 is 0 Å². The molecule has 3 nitrogen and oxygen atoms in total. The highest BCUT2D eigenvalue weighted by atomic mass is 16.1. The summed E-state index contributed by atoms with van der Waals surface area (Å²) >= 11 is 0. The Kier molecular flexibility index (Phi) is 3.93. The zero-order chi connectivity index (χ0) is 14.7. The Labute approximate surface area is 125 Å². The van der Waals surface area contributed by atoms with Crippen LogP contribution in [-0.4, -0.2) is 19.0 Å². The van der Waals surface area contributed by atoms with Gasteiger partial charge in [0.05, 0.1) is 0 Å². The summed E-state index contributed by atoms with van der Waals surface area (Å²) in [5, 5.41) is 5.21. The molecule has 0 bridgehead atoms. The molecule has 2 aromatic carbocycles. The van der Waals surface area contributed by atoms with Gasteiger partial charge in [0.1, 0.15) is 0 Å². The van der Waals surface area contributed by atoms with Crippen molar-refractivity contribution >= 4 is 16.7 Å². The first kappa shape index (κ1) is 14.1. The molecule has 1 aliphatic carbocycles. The van der Waals surface area contributed by atoms with Crippen LogP contribution in [-0.2, 0) is 0 Å². The van der Waals surface area contributed by atoms with Crippen LogP contribution < -0.4 is 11.1 Å². The summed E-state index contributed by atoms with van der Waals surface area (Å²) in [4.78, 5) is 12.5. The fraction of sp³-hybridized carbons (Fsp3) is 0.389. The predicted octanol–water partition coefficient (Wildman–Crippen LogP) is 3.09. The van der Waals surface area contributed by atoms with Gasteiger partial charge in [-0.2, -0.15) is 0 Å². The average molecular weight is 282 g/mol. The van der Waals surface area contributed by atoms with Gasteiger partial charge in [0.25, 0.3) is 5.91 Å². The van der Waals surface area contributed by atoms with E-state index in [1.54, 1.807) is 0 Å². The van der Waals surface area contributed by atoms with Crippen molar-refractivity contribution < 1.29 is 4.79 Å². The summed E-state index contributed by atoms with van der Waals surface area (Å²) in [7, 11) is 0. The molecular weight excluding hydrogens is 260 g/mol. The molecule has 2 aromatic rings. The molecule has 1 fully saturated rings. The SMILES string of the molecule is NCC1(CNC(=O)c2cccc3ccccc23)CCCC1. The summed E-state index contributed by atoms with van der Waals surface area (Å²) in [6.07, 6.45) is 4.70. The first-order valence-corrected chi connectivity index (χ1v) is 7.70. The van der Waals surface area contributed by atoms with Gasteiger partial charge in [-0.1, -0.05) is 49.2 Å². The molecule has 0 saturated heterocycles. The third-order valence-corrected chi connectivity index (χ3v) is 4.76. The van der Waals surface area contributed by atoms with Crippen molar-refractivity contribution in [3.05, 3.63) is 48.0 Å². The molecule has 0 heterocycles. The van der Waals surface area contributed by atoms with Gasteiger partial charge in [-0.05, 0) is 41.6 Å². The van der Waals surface area contributed by atoms with E-state index in [1.807, 2.05) is 42.5 Å². The van der Waals surface area contributed by atoms with Gasteiger partial charge in [-0.15, -0.1) is 0 Å². The molecule has 3 rings (SSSR count). The predicted molar refractivity (Wildman–Crippen MR) is 86.2 cm³/mol. The van der Waals surface area contributed by atoms with Crippen LogP contribution in [0, 0.1) is 5.41 Å². The highest BCUT2D eigenvalue weighted by Crippen LogP contribution is 2.36. The summed E-state index contributed by atoms with van der Waals surface area (Å²) in [5.74, 6) is 0.00604. The van der Waals surface area contributed by atoms with Gasteiger partial charge in [0.15, 0.2) is 0 Å². The molecule has 1 saturated carbocycles. The van der Waals surface area contributed by atoms with E-state index in [-0.39, 0.29) is 11.3 Å². The molecule has 21 heavy (non-hydrogen) atoms. The highest BCUT2D eigenvalue weighted by molar-refractivity contribution is 6.07. The largest absolute Gasteiger partial charge is 0.351 e. The summed E-state index contributed by atoms with van der Waals surface area (Å²) in [6.45, 7) is 1.34.